The Morgan fingerprint density at radius 3 is 2.43 bits per heavy atom. The molecule has 28 heavy (non-hydrogen) atoms. The van der Waals surface area contributed by atoms with Crippen LogP contribution in [0, 0.1) is 24.7 Å². The van der Waals surface area contributed by atoms with Crippen LogP contribution >= 0.6 is 11.3 Å². The molecule has 2 N–H and O–H groups in total. The van der Waals surface area contributed by atoms with Crippen molar-refractivity contribution in [2.45, 2.75) is 52.9 Å². The Balaban J connectivity index is 1.73. The third-order valence-corrected chi connectivity index (χ3v) is 6.20. The number of nitrogens with one attached hydrogen (secondary N) is 1. The summed E-state index contributed by atoms with van der Waals surface area (Å²) in [5, 5.41) is 12.8. The third-order valence-electron chi connectivity index (χ3n) is 5.32. The minimum atomic E-state index is -0.877. The van der Waals surface area contributed by atoms with Gasteiger partial charge in [0.2, 0.25) is 5.91 Å². The lowest BCUT2D eigenvalue weighted by atomic mass is 9.79. The number of rotatable bonds is 6. The molecule has 1 fully saturated rings. The quantitative estimate of drug-likeness (QED) is 0.703. The third kappa shape index (κ3) is 4.79. The van der Waals surface area contributed by atoms with Crippen LogP contribution in [0.25, 0.3) is 11.3 Å². The van der Waals surface area contributed by atoms with Gasteiger partial charge in [-0.05, 0) is 37.7 Å². The Morgan fingerprint density at radius 2 is 1.82 bits per heavy atom. The number of thiazole rings is 1. The molecule has 2 aromatic rings. The Labute approximate surface area is 170 Å². The van der Waals surface area contributed by atoms with Gasteiger partial charge in [0.25, 0.3) is 0 Å². The van der Waals surface area contributed by atoms with Crippen LogP contribution in [0.3, 0.4) is 0 Å². The van der Waals surface area contributed by atoms with Gasteiger partial charge in [0.1, 0.15) is 0 Å². The van der Waals surface area contributed by atoms with Gasteiger partial charge in [0.15, 0.2) is 5.13 Å². The molecule has 0 bridgehead atoms. The van der Waals surface area contributed by atoms with Gasteiger partial charge in [-0.25, -0.2) is 4.98 Å². The summed E-state index contributed by atoms with van der Waals surface area (Å²) in [7, 11) is 0. The summed E-state index contributed by atoms with van der Waals surface area (Å²) in [6.45, 7) is 6.40. The summed E-state index contributed by atoms with van der Waals surface area (Å²) >= 11 is 1.44. The molecule has 0 spiro atoms. The van der Waals surface area contributed by atoms with Crippen LogP contribution in [-0.2, 0) is 16.0 Å². The van der Waals surface area contributed by atoms with Crippen molar-refractivity contribution in [1.82, 2.24) is 4.98 Å². The molecule has 1 heterocycles. The number of carbonyl (C=O) groups is 2. The molecular weight excluding hydrogens is 372 g/mol. The highest BCUT2D eigenvalue weighted by atomic mass is 32.1. The molecule has 150 valence electrons. The van der Waals surface area contributed by atoms with E-state index in [0.29, 0.717) is 23.9 Å². The standard InChI is InChI=1S/C22H28N2O3S/c1-13(2)12-15-8-10-16(11-9-15)19-14(3)28-22(23-19)24-20(25)17-6-4-5-7-18(17)21(26)27/h8-11,13,17-18H,4-7,12H2,1-3H3,(H,26,27)(H,23,24,25)/t17-,18+/m0/s1. The van der Waals surface area contributed by atoms with Gasteiger partial charge in [-0.15, -0.1) is 11.3 Å². The number of carbonyl (C=O) groups excluding carboxylic acids is 1. The van der Waals surface area contributed by atoms with E-state index >= 15 is 0 Å². The number of hydrogen-bond acceptors (Lipinski definition) is 4. The van der Waals surface area contributed by atoms with Gasteiger partial charge in [-0.1, -0.05) is 51.0 Å². The lowest BCUT2D eigenvalue weighted by Crippen LogP contribution is -2.36. The van der Waals surface area contributed by atoms with Crippen molar-refractivity contribution < 1.29 is 14.7 Å². The number of hydrogen-bond donors (Lipinski definition) is 2. The summed E-state index contributed by atoms with van der Waals surface area (Å²) in [6, 6.07) is 8.41. The molecule has 0 unspecified atom stereocenters. The Morgan fingerprint density at radius 1 is 1.18 bits per heavy atom. The fourth-order valence-corrected chi connectivity index (χ4v) is 4.76. The number of amides is 1. The van der Waals surface area contributed by atoms with E-state index in [1.807, 2.05) is 6.92 Å². The molecule has 1 aliphatic carbocycles. The maximum absolute atomic E-state index is 12.7. The number of anilines is 1. The summed E-state index contributed by atoms with van der Waals surface area (Å²) in [4.78, 5) is 29.8. The maximum atomic E-state index is 12.7. The molecule has 2 atom stereocenters. The molecule has 0 saturated heterocycles. The van der Waals surface area contributed by atoms with Gasteiger partial charge in [-0.2, -0.15) is 0 Å². The SMILES string of the molecule is Cc1sc(NC(=O)[C@H]2CCCC[C@H]2C(=O)O)nc1-c1ccc(CC(C)C)cc1. The molecule has 1 saturated carbocycles. The van der Waals surface area contributed by atoms with Gasteiger partial charge >= 0.3 is 5.97 Å². The number of aliphatic carboxylic acids is 1. The first-order valence-corrected chi connectivity index (χ1v) is 10.8. The average molecular weight is 401 g/mol. The first-order valence-electron chi connectivity index (χ1n) is 9.95. The monoisotopic (exact) mass is 400 g/mol. The van der Waals surface area contributed by atoms with Crippen molar-refractivity contribution in [3.05, 3.63) is 34.7 Å². The van der Waals surface area contributed by atoms with Crippen molar-refractivity contribution in [3.8, 4) is 11.3 Å². The minimum absolute atomic E-state index is 0.223. The lowest BCUT2D eigenvalue weighted by molar-refractivity contribution is -0.147. The molecule has 5 nitrogen and oxygen atoms in total. The van der Waals surface area contributed by atoms with E-state index in [2.05, 4.69) is 48.4 Å². The normalized spacial score (nSPS) is 19.6. The zero-order chi connectivity index (χ0) is 20.3. The highest BCUT2D eigenvalue weighted by molar-refractivity contribution is 7.16. The second-order valence-corrected chi connectivity index (χ2v) is 9.25. The Kier molecular flexibility index (Phi) is 6.50. The fourth-order valence-electron chi connectivity index (χ4n) is 3.93. The van der Waals surface area contributed by atoms with Crippen molar-refractivity contribution in [1.29, 1.82) is 0 Å². The van der Waals surface area contributed by atoms with E-state index in [1.54, 1.807) is 0 Å². The molecule has 1 aromatic carbocycles. The summed E-state index contributed by atoms with van der Waals surface area (Å²) in [6.07, 6.45) is 4.00. The number of carboxylic acid groups (broad SMARTS) is 1. The van der Waals surface area contributed by atoms with E-state index in [4.69, 9.17) is 0 Å². The smallest absolute Gasteiger partial charge is 0.307 e. The van der Waals surface area contributed by atoms with Crippen LogP contribution in [0.1, 0.15) is 50.0 Å². The van der Waals surface area contributed by atoms with Crippen LogP contribution in [0.4, 0.5) is 5.13 Å². The number of aryl methyl sites for hydroxylation is 1. The van der Waals surface area contributed by atoms with Crippen molar-refractivity contribution in [2.24, 2.45) is 17.8 Å². The molecule has 6 heteroatoms. The number of carboxylic acids is 1. The molecular formula is C22H28N2O3S. The highest BCUT2D eigenvalue weighted by Crippen LogP contribution is 2.34. The van der Waals surface area contributed by atoms with Crippen molar-refractivity contribution in [3.63, 3.8) is 0 Å². The number of nitrogens with zero attached hydrogens (tertiary/aromatic N) is 1. The van der Waals surface area contributed by atoms with Gasteiger partial charge in [-0.3, -0.25) is 9.59 Å². The van der Waals surface area contributed by atoms with Gasteiger partial charge in [0.05, 0.1) is 17.5 Å². The summed E-state index contributed by atoms with van der Waals surface area (Å²) < 4.78 is 0. The van der Waals surface area contributed by atoms with Crippen LogP contribution in [0.5, 0.6) is 0 Å². The fraction of sp³-hybridized carbons (Fsp3) is 0.500. The summed E-state index contributed by atoms with van der Waals surface area (Å²) in [5.74, 6) is -1.56. The van der Waals surface area contributed by atoms with E-state index < -0.39 is 17.8 Å². The minimum Gasteiger partial charge on any atom is -0.481 e. The van der Waals surface area contributed by atoms with Crippen LogP contribution in [0.2, 0.25) is 0 Å². The van der Waals surface area contributed by atoms with E-state index in [-0.39, 0.29) is 5.91 Å². The molecule has 0 aliphatic heterocycles. The molecule has 1 aromatic heterocycles. The van der Waals surface area contributed by atoms with Gasteiger partial charge in [0, 0.05) is 10.4 Å². The first-order chi connectivity index (χ1) is 13.3. The second-order valence-electron chi connectivity index (χ2n) is 8.04. The first kappa shape index (κ1) is 20.5. The predicted molar refractivity (Wildman–Crippen MR) is 113 cm³/mol. The van der Waals surface area contributed by atoms with Crippen molar-refractivity contribution >= 4 is 28.3 Å². The van der Waals surface area contributed by atoms with Gasteiger partial charge < -0.3 is 10.4 Å². The van der Waals surface area contributed by atoms with E-state index in [0.717, 1.165) is 35.4 Å². The number of aromatic nitrogens is 1. The van der Waals surface area contributed by atoms with Crippen LogP contribution in [-0.4, -0.2) is 22.0 Å². The zero-order valence-electron chi connectivity index (χ0n) is 16.7. The number of benzene rings is 1. The zero-order valence-corrected chi connectivity index (χ0v) is 17.5. The molecule has 3 rings (SSSR count). The molecule has 1 amide bonds. The Bertz CT molecular complexity index is 842. The second kappa shape index (κ2) is 8.86. The molecule has 1 aliphatic rings. The van der Waals surface area contributed by atoms with Crippen LogP contribution < -0.4 is 5.32 Å². The van der Waals surface area contributed by atoms with E-state index in [1.165, 1.54) is 16.9 Å². The molecule has 0 radical (unpaired) electrons. The van der Waals surface area contributed by atoms with Crippen LogP contribution in [0.15, 0.2) is 24.3 Å². The average Bonchev–Trinajstić information content (AvgIpc) is 3.02. The largest absolute Gasteiger partial charge is 0.481 e. The van der Waals surface area contributed by atoms with E-state index in [9.17, 15) is 14.7 Å². The maximum Gasteiger partial charge on any atom is 0.307 e. The summed E-state index contributed by atoms with van der Waals surface area (Å²) in [5.41, 5.74) is 3.20. The van der Waals surface area contributed by atoms with Crippen molar-refractivity contribution in [2.75, 3.05) is 5.32 Å². The predicted octanol–water partition coefficient (Wildman–Crippen LogP) is 5.15. The lowest BCUT2D eigenvalue weighted by Gasteiger charge is -2.26. The highest BCUT2D eigenvalue weighted by Gasteiger charge is 2.36. The topological polar surface area (TPSA) is 79.3 Å². The Hall–Kier alpha value is -2.21.